The van der Waals surface area contributed by atoms with Gasteiger partial charge in [0.2, 0.25) is 5.09 Å². The van der Waals surface area contributed by atoms with Crippen molar-refractivity contribution in [3.05, 3.63) is 16.8 Å². The van der Waals surface area contributed by atoms with Crippen LogP contribution in [0.25, 0.3) is 0 Å². The average Bonchev–Trinajstić information content (AvgIpc) is 2.74. The van der Waals surface area contributed by atoms with Crippen LogP contribution in [0.2, 0.25) is 0 Å². The van der Waals surface area contributed by atoms with Gasteiger partial charge in [-0.05, 0) is 34.5 Å². The van der Waals surface area contributed by atoms with Gasteiger partial charge in [0.05, 0.1) is 0 Å². The smallest absolute Gasteiger partial charge is 0.276 e. The summed E-state index contributed by atoms with van der Waals surface area (Å²) in [7, 11) is -3.49. The van der Waals surface area contributed by atoms with E-state index in [9.17, 15) is 8.42 Å². The summed E-state index contributed by atoms with van der Waals surface area (Å²) >= 11 is 3.07. The number of furan rings is 1. The molecule has 0 bridgehead atoms. The van der Waals surface area contributed by atoms with Gasteiger partial charge in [0.1, 0.15) is 0 Å². The predicted octanol–water partition coefficient (Wildman–Crippen LogP) is 1.19. The maximum atomic E-state index is 11.9. The van der Waals surface area contributed by atoms with E-state index in [-0.39, 0.29) is 23.5 Å². The number of hydrogen-bond donors (Lipinski definition) is 1. The first-order chi connectivity index (χ1) is 7.00. The first-order valence-corrected chi connectivity index (χ1v) is 6.74. The lowest BCUT2D eigenvalue weighted by molar-refractivity contribution is 0.399. The average molecular weight is 332 g/mol. The van der Waals surface area contributed by atoms with Crippen molar-refractivity contribution < 1.29 is 12.8 Å². The van der Waals surface area contributed by atoms with Crippen LogP contribution in [0.1, 0.15) is 6.42 Å². The van der Waals surface area contributed by atoms with Crippen LogP contribution >= 0.6 is 28.3 Å². The summed E-state index contributed by atoms with van der Waals surface area (Å²) in [6, 6.07) is 2.92. The second-order valence-electron chi connectivity index (χ2n) is 3.47. The maximum absolute atomic E-state index is 11.9. The highest BCUT2D eigenvalue weighted by Crippen LogP contribution is 2.24. The van der Waals surface area contributed by atoms with Crippen LogP contribution in [0, 0.1) is 0 Å². The van der Waals surface area contributed by atoms with E-state index in [1.54, 1.807) is 6.07 Å². The van der Waals surface area contributed by atoms with Crippen LogP contribution in [0.4, 0.5) is 0 Å². The molecule has 0 spiro atoms. The number of nitrogens with two attached hydrogens (primary N) is 1. The van der Waals surface area contributed by atoms with Crippen LogP contribution in [-0.4, -0.2) is 31.9 Å². The molecule has 1 aromatic heterocycles. The summed E-state index contributed by atoms with van der Waals surface area (Å²) in [5.74, 6) is 0. The first-order valence-electron chi connectivity index (χ1n) is 4.51. The molecule has 2 N–H and O–H groups in total. The van der Waals surface area contributed by atoms with Crippen molar-refractivity contribution >= 4 is 38.4 Å². The number of nitrogens with zero attached hydrogens (tertiary/aromatic N) is 1. The van der Waals surface area contributed by atoms with E-state index in [4.69, 9.17) is 10.2 Å². The van der Waals surface area contributed by atoms with Crippen LogP contribution in [-0.2, 0) is 10.0 Å². The molecule has 0 aliphatic carbocycles. The molecule has 1 aromatic rings. The molecule has 1 saturated heterocycles. The van der Waals surface area contributed by atoms with Crippen LogP contribution in [0.3, 0.4) is 0 Å². The molecule has 0 radical (unpaired) electrons. The number of halogens is 2. The molecule has 1 aliphatic heterocycles. The Morgan fingerprint density at radius 2 is 2.19 bits per heavy atom. The Morgan fingerprint density at radius 3 is 2.62 bits per heavy atom. The lowest BCUT2D eigenvalue weighted by Crippen LogP contribution is -2.31. The summed E-state index contributed by atoms with van der Waals surface area (Å²) < 4.78 is 30.7. The molecular formula is C8H12BrClN2O3S. The Balaban J connectivity index is 0.00000128. The molecule has 8 heteroatoms. The second kappa shape index (κ2) is 5.05. The largest absolute Gasteiger partial charge is 0.437 e. The van der Waals surface area contributed by atoms with E-state index in [0.29, 0.717) is 24.2 Å². The molecule has 0 amide bonds. The lowest BCUT2D eigenvalue weighted by atomic mass is 10.3. The molecule has 92 valence electrons. The van der Waals surface area contributed by atoms with Crippen molar-refractivity contribution in [3.63, 3.8) is 0 Å². The van der Waals surface area contributed by atoms with E-state index in [2.05, 4.69) is 15.9 Å². The predicted molar refractivity (Wildman–Crippen MR) is 65.0 cm³/mol. The zero-order chi connectivity index (χ0) is 11.1. The fraction of sp³-hybridized carbons (Fsp3) is 0.500. The molecule has 5 nitrogen and oxygen atoms in total. The molecule has 1 atom stereocenters. The van der Waals surface area contributed by atoms with Gasteiger partial charge in [-0.25, -0.2) is 8.42 Å². The highest BCUT2D eigenvalue weighted by atomic mass is 79.9. The Bertz CT molecular complexity index is 462. The molecule has 1 aliphatic rings. The van der Waals surface area contributed by atoms with Gasteiger partial charge in [0.25, 0.3) is 10.0 Å². The van der Waals surface area contributed by atoms with Gasteiger partial charge in [0.15, 0.2) is 4.67 Å². The van der Waals surface area contributed by atoms with Crippen LogP contribution in [0.15, 0.2) is 26.3 Å². The zero-order valence-electron chi connectivity index (χ0n) is 8.30. The molecule has 0 saturated carbocycles. The Hall–Kier alpha value is -0.0800. The summed E-state index contributed by atoms with van der Waals surface area (Å²) in [5.41, 5.74) is 5.66. The molecule has 0 aromatic carbocycles. The molecule has 2 rings (SSSR count). The van der Waals surface area contributed by atoms with Gasteiger partial charge in [-0.2, -0.15) is 4.31 Å². The highest BCUT2D eigenvalue weighted by Gasteiger charge is 2.32. The van der Waals surface area contributed by atoms with E-state index in [0.717, 1.165) is 0 Å². The normalized spacial score (nSPS) is 22.0. The maximum Gasteiger partial charge on any atom is 0.276 e. The molecule has 16 heavy (non-hydrogen) atoms. The Labute approximate surface area is 109 Å². The molecule has 2 heterocycles. The molecular weight excluding hydrogens is 320 g/mol. The zero-order valence-corrected chi connectivity index (χ0v) is 11.5. The monoisotopic (exact) mass is 330 g/mol. The van der Waals surface area contributed by atoms with Crippen LogP contribution < -0.4 is 5.73 Å². The van der Waals surface area contributed by atoms with Gasteiger partial charge < -0.3 is 10.2 Å². The van der Waals surface area contributed by atoms with Crippen molar-refractivity contribution in [3.8, 4) is 0 Å². The topological polar surface area (TPSA) is 76.5 Å². The second-order valence-corrected chi connectivity index (χ2v) is 6.12. The van der Waals surface area contributed by atoms with Crippen molar-refractivity contribution in [1.82, 2.24) is 4.31 Å². The van der Waals surface area contributed by atoms with Crippen molar-refractivity contribution in [2.24, 2.45) is 5.73 Å². The van der Waals surface area contributed by atoms with Gasteiger partial charge in [0, 0.05) is 19.1 Å². The fourth-order valence-electron chi connectivity index (χ4n) is 1.54. The fourth-order valence-corrected chi connectivity index (χ4v) is 3.37. The lowest BCUT2D eigenvalue weighted by Gasteiger charge is -2.13. The van der Waals surface area contributed by atoms with Gasteiger partial charge in [-0.3, -0.25) is 0 Å². The Kier molecular flexibility index (Phi) is 4.42. The third kappa shape index (κ3) is 2.60. The number of hydrogen-bond acceptors (Lipinski definition) is 4. The standard InChI is InChI=1S/C8H11BrN2O3S.ClH/c9-7-1-2-8(14-7)15(12,13)11-4-3-6(10)5-11;/h1-2,6H,3-5,10H2;1H/t6-;/m0./s1. The summed E-state index contributed by atoms with van der Waals surface area (Å²) in [6.07, 6.45) is 0.696. The minimum atomic E-state index is -3.49. The Morgan fingerprint density at radius 1 is 1.50 bits per heavy atom. The van der Waals surface area contributed by atoms with Crippen molar-refractivity contribution in [1.29, 1.82) is 0 Å². The summed E-state index contributed by atoms with van der Waals surface area (Å²) in [5, 5.41) is -0.0384. The minimum Gasteiger partial charge on any atom is -0.437 e. The minimum absolute atomic E-state index is 0. The van der Waals surface area contributed by atoms with Gasteiger partial charge in [-0.1, -0.05) is 0 Å². The number of sulfonamides is 1. The molecule has 1 fully saturated rings. The van der Waals surface area contributed by atoms with Gasteiger partial charge >= 0.3 is 0 Å². The first kappa shape index (κ1) is 14.0. The summed E-state index contributed by atoms with van der Waals surface area (Å²) in [4.78, 5) is 0. The molecule has 0 unspecified atom stereocenters. The van der Waals surface area contributed by atoms with Crippen molar-refractivity contribution in [2.75, 3.05) is 13.1 Å². The van der Waals surface area contributed by atoms with Crippen LogP contribution in [0.5, 0.6) is 0 Å². The number of rotatable bonds is 2. The third-order valence-corrected chi connectivity index (χ3v) is 4.50. The third-order valence-electron chi connectivity index (χ3n) is 2.33. The SMILES string of the molecule is Cl.N[C@H]1CCN(S(=O)(=O)c2ccc(Br)o2)C1. The van der Waals surface area contributed by atoms with E-state index in [1.165, 1.54) is 10.4 Å². The van der Waals surface area contributed by atoms with E-state index in [1.807, 2.05) is 0 Å². The van der Waals surface area contributed by atoms with E-state index < -0.39 is 10.0 Å². The highest BCUT2D eigenvalue weighted by molar-refractivity contribution is 9.10. The quantitative estimate of drug-likeness (QED) is 0.883. The van der Waals surface area contributed by atoms with Gasteiger partial charge in [-0.15, -0.1) is 12.4 Å². The summed E-state index contributed by atoms with van der Waals surface area (Å²) in [6.45, 7) is 0.822. The van der Waals surface area contributed by atoms with E-state index >= 15 is 0 Å². The van der Waals surface area contributed by atoms with Crippen molar-refractivity contribution in [2.45, 2.75) is 17.6 Å².